The Labute approximate surface area is 110 Å². The van der Waals surface area contributed by atoms with E-state index in [2.05, 4.69) is 4.99 Å². The van der Waals surface area contributed by atoms with Crippen LogP contribution in [0, 0.1) is 11.7 Å². The monoisotopic (exact) mass is 267 g/mol. The zero-order valence-electron chi connectivity index (χ0n) is 9.94. The molecule has 0 spiro atoms. The molecule has 3 rings (SSSR count). The fourth-order valence-corrected chi connectivity index (χ4v) is 2.69. The molecule has 1 atom stereocenters. The number of hydrogen-bond acceptors (Lipinski definition) is 3. The van der Waals surface area contributed by atoms with Gasteiger partial charge < -0.3 is 10.6 Å². The highest BCUT2D eigenvalue weighted by Crippen LogP contribution is 2.37. The van der Waals surface area contributed by atoms with Gasteiger partial charge in [-0.1, -0.05) is 17.7 Å². The normalized spacial score (nSPS) is 23.3. The van der Waals surface area contributed by atoms with Gasteiger partial charge in [0.05, 0.1) is 12.6 Å². The summed E-state index contributed by atoms with van der Waals surface area (Å²) in [5, 5.41) is 0.450. The van der Waals surface area contributed by atoms with Crippen LogP contribution in [0.3, 0.4) is 0 Å². The summed E-state index contributed by atoms with van der Waals surface area (Å²) < 4.78 is 14.0. The van der Waals surface area contributed by atoms with E-state index in [4.69, 9.17) is 17.3 Å². The minimum atomic E-state index is -0.279. The van der Waals surface area contributed by atoms with Crippen molar-refractivity contribution in [1.82, 2.24) is 4.90 Å². The molecule has 3 nitrogen and oxygen atoms in total. The maximum atomic E-state index is 14.0. The SMILES string of the molecule is NC1=NCC(c2c(F)cccc2Cl)N1CC1CC1. The number of hydrogen-bond donors (Lipinski definition) is 1. The highest BCUT2D eigenvalue weighted by Gasteiger charge is 2.35. The van der Waals surface area contributed by atoms with Gasteiger partial charge in [0.15, 0.2) is 5.96 Å². The van der Waals surface area contributed by atoms with Crippen molar-refractivity contribution in [3.05, 3.63) is 34.6 Å². The van der Waals surface area contributed by atoms with E-state index in [1.165, 1.54) is 18.9 Å². The molecular weight excluding hydrogens is 253 g/mol. The molecule has 18 heavy (non-hydrogen) atoms. The lowest BCUT2D eigenvalue weighted by molar-refractivity contribution is 0.326. The van der Waals surface area contributed by atoms with Crippen molar-refractivity contribution in [3.63, 3.8) is 0 Å². The summed E-state index contributed by atoms with van der Waals surface area (Å²) in [4.78, 5) is 6.22. The second kappa shape index (κ2) is 4.43. The van der Waals surface area contributed by atoms with Gasteiger partial charge in [0.25, 0.3) is 0 Å². The van der Waals surface area contributed by atoms with Gasteiger partial charge in [0.2, 0.25) is 0 Å². The second-order valence-electron chi connectivity index (χ2n) is 4.95. The molecule has 5 heteroatoms. The van der Waals surface area contributed by atoms with Crippen LogP contribution in [-0.2, 0) is 0 Å². The molecule has 1 aliphatic heterocycles. The van der Waals surface area contributed by atoms with Crippen LogP contribution in [-0.4, -0.2) is 23.9 Å². The predicted octanol–water partition coefficient (Wildman–Crippen LogP) is 2.56. The van der Waals surface area contributed by atoms with E-state index >= 15 is 0 Å². The molecule has 1 aromatic rings. The van der Waals surface area contributed by atoms with Crippen molar-refractivity contribution in [3.8, 4) is 0 Å². The Balaban J connectivity index is 1.90. The first-order valence-electron chi connectivity index (χ1n) is 6.17. The third kappa shape index (κ3) is 2.05. The average molecular weight is 268 g/mol. The molecule has 0 saturated heterocycles. The average Bonchev–Trinajstić information content (AvgIpc) is 3.07. The first-order chi connectivity index (χ1) is 8.66. The molecule has 96 valence electrons. The Morgan fingerprint density at radius 3 is 2.89 bits per heavy atom. The molecule has 0 amide bonds. The summed E-state index contributed by atoms with van der Waals surface area (Å²) in [6.45, 7) is 1.34. The lowest BCUT2D eigenvalue weighted by Crippen LogP contribution is -2.38. The van der Waals surface area contributed by atoms with E-state index in [0.29, 0.717) is 29.0 Å². The zero-order chi connectivity index (χ0) is 12.7. The number of halogens is 2. The number of benzene rings is 1. The minimum Gasteiger partial charge on any atom is -0.370 e. The molecule has 1 aliphatic carbocycles. The van der Waals surface area contributed by atoms with Crippen LogP contribution in [0.15, 0.2) is 23.2 Å². The smallest absolute Gasteiger partial charge is 0.191 e. The largest absolute Gasteiger partial charge is 0.370 e. The Bertz CT molecular complexity index is 479. The third-order valence-corrected chi connectivity index (χ3v) is 3.91. The van der Waals surface area contributed by atoms with E-state index in [1.807, 2.05) is 4.90 Å². The number of nitrogens with zero attached hydrogens (tertiary/aromatic N) is 2. The van der Waals surface area contributed by atoms with E-state index in [-0.39, 0.29) is 11.9 Å². The van der Waals surface area contributed by atoms with Crippen LogP contribution in [0.25, 0.3) is 0 Å². The number of guanidine groups is 1. The maximum absolute atomic E-state index is 14.0. The van der Waals surface area contributed by atoms with Crippen LogP contribution in [0.4, 0.5) is 4.39 Å². The third-order valence-electron chi connectivity index (χ3n) is 3.58. The first-order valence-corrected chi connectivity index (χ1v) is 6.55. The highest BCUT2D eigenvalue weighted by molar-refractivity contribution is 6.31. The summed E-state index contributed by atoms with van der Waals surface area (Å²) in [5.41, 5.74) is 6.41. The Morgan fingerprint density at radius 2 is 2.22 bits per heavy atom. The number of aliphatic imine (C=N–C) groups is 1. The van der Waals surface area contributed by atoms with Gasteiger partial charge in [-0.25, -0.2) is 4.39 Å². The fourth-order valence-electron chi connectivity index (χ4n) is 2.40. The zero-order valence-corrected chi connectivity index (χ0v) is 10.7. The fraction of sp³-hybridized carbons (Fsp3) is 0.462. The number of rotatable bonds is 3. The van der Waals surface area contributed by atoms with Crippen molar-refractivity contribution in [2.24, 2.45) is 16.6 Å². The molecule has 0 bridgehead atoms. The van der Waals surface area contributed by atoms with Crippen LogP contribution in [0.2, 0.25) is 5.02 Å². The molecule has 2 N–H and O–H groups in total. The summed E-state index contributed by atoms with van der Waals surface area (Å²) in [6.07, 6.45) is 2.45. The van der Waals surface area contributed by atoms with Gasteiger partial charge in [0, 0.05) is 17.1 Å². The Hall–Kier alpha value is -1.29. The van der Waals surface area contributed by atoms with Crippen molar-refractivity contribution < 1.29 is 4.39 Å². The highest BCUT2D eigenvalue weighted by atomic mass is 35.5. The molecular formula is C13H15ClFN3. The first kappa shape index (κ1) is 11.8. The summed E-state index contributed by atoms with van der Waals surface area (Å²) in [6, 6.07) is 4.61. The molecule has 0 radical (unpaired) electrons. The van der Waals surface area contributed by atoms with E-state index in [9.17, 15) is 4.39 Å². The topological polar surface area (TPSA) is 41.6 Å². The lowest BCUT2D eigenvalue weighted by Gasteiger charge is -2.27. The quantitative estimate of drug-likeness (QED) is 0.915. The van der Waals surface area contributed by atoms with E-state index < -0.39 is 0 Å². The van der Waals surface area contributed by atoms with Crippen molar-refractivity contribution >= 4 is 17.6 Å². The van der Waals surface area contributed by atoms with Gasteiger partial charge >= 0.3 is 0 Å². The predicted molar refractivity (Wildman–Crippen MR) is 70.1 cm³/mol. The van der Waals surface area contributed by atoms with Crippen molar-refractivity contribution in [1.29, 1.82) is 0 Å². The van der Waals surface area contributed by atoms with E-state index in [0.717, 1.165) is 6.54 Å². The molecule has 2 aliphatic rings. The molecule has 1 unspecified atom stereocenters. The molecule has 0 aromatic heterocycles. The molecule has 1 heterocycles. The summed E-state index contributed by atoms with van der Waals surface area (Å²) in [7, 11) is 0. The minimum absolute atomic E-state index is 0.153. The molecule has 1 saturated carbocycles. The lowest BCUT2D eigenvalue weighted by atomic mass is 10.1. The van der Waals surface area contributed by atoms with E-state index in [1.54, 1.807) is 12.1 Å². The van der Waals surface area contributed by atoms with Gasteiger partial charge in [-0.05, 0) is 30.9 Å². The van der Waals surface area contributed by atoms with Crippen LogP contribution < -0.4 is 5.73 Å². The van der Waals surface area contributed by atoms with Crippen molar-refractivity contribution in [2.45, 2.75) is 18.9 Å². The van der Waals surface area contributed by atoms with Crippen LogP contribution in [0.5, 0.6) is 0 Å². The maximum Gasteiger partial charge on any atom is 0.191 e. The Kier molecular flexibility index (Phi) is 2.90. The van der Waals surface area contributed by atoms with Crippen LogP contribution in [0.1, 0.15) is 24.4 Å². The van der Waals surface area contributed by atoms with Crippen molar-refractivity contribution in [2.75, 3.05) is 13.1 Å². The second-order valence-corrected chi connectivity index (χ2v) is 5.35. The standard InChI is InChI=1S/C13H15ClFN3/c14-9-2-1-3-10(15)12(9)11-6-17-13(16)18(11)7-8-4-5-8/h1-3,8,11H,4-7H2,(H2,16,17). The summed E-state index contributed by atoms with van der Waals surface area (Å²) >= 11 is 6.12. The molecule has 1 fully saturated rings. The molecule has 1 aromatic carbocycles. The summed E-state index contributed by atoms with van der Waals surface area (Å²) in [5.74, 6) is 0.898. The van der Waals surface area contributed by atoms with Crippen LogP contribution >= 0.6 is 11.6 Å². The van der Waals surface area contributed by atoms with Gasteiger partial charge in [-0.2, -0.15) is 0 Å². The number of nitrogens with two attached hydrogens (primary N) is 1. The Morgan fingerprint density at radius 1 is 1.44 bits per heavy atom. The van der Waals surface area contributed by atoms with Gasteiger partial charge in [-0.15, -0.1) is 0 Å². The van der Waals surface area contributed by atoms with Gasteiger partial charge in [-0.3, -0.25) is 4.99 Å². The van der Waals surface area contributed by atoms with Gasteiger partial charge in [0.1, 0.15) is 5.82 Å².